The number of ether oxygens (including phenoxy) is 2. The van der Waals surface area contributed by atoms with Gasteiger partial charge in [0.2, 0.25) is 0 Å². The van der Waals surface area contributed by atoms with Crippen molar-refractivity contribution in [1.29, 1.82) is 0 Å². The lowest BCUT2D eigenvalue weighted by Crippen LogP contribution is -2.40. The van der Waals surface area contributed by atoms with Crippen LogP contribution in [0.5, 0.6) is 5.75 Å². The molecule has 1 aromatic heterocycles. The third-order valence-corrected chi connectivity index (χ3v) is 4.87. The molecule has 0 spiro atoms. The molecule has 0 amide bonds. The van der Waals surface area contributed by atoms with Crippen molar-refractivity contribution < 1.29 is 19.1 Å². The average Bonchev–Trinajstić information content (AvgIpc) is 2.69. The molecular weight excluding hydrogens is 380 g/mol. The van der Waals surface area contributed by atoms with E-state index in [1.807, 2.05) is 12.1 Å². The van der Waals surface area contributed by atoms with Crippen molar-refractivity contribution in [3.63, 3.8) is 0 Å². The summed E-state index contributed by atoms with van der Waals surface area (Å²) in [5, 5.41) is 0.607. The van der Waals surface area contributed by atoms with Gasteiger partial charge in [0.25, 0.3) is 0 Å². The van der Waals surface area contributed by atoms with E-state index in [2.05, 4.69) is 9.88 Å². The van der Waals surface area contributed by atoms with Gasteiger partial charge in [-0.2, -0.15) is 0 Å². The van der Waals surface area contributed by atoms with E-state index < -0.39 is 12.1 Å². The first-order valence-electron chi connectivity index (χ1n) is 9.27. The highest BCUT2D eigenvalue weighted by atomic mass is 35.5. The van der Waals surface area contributed by atoms with Gasteiger partial charge in [-0.25, -0.2) is 9.78 Å². The van der Waals surface area contributed by atoms with Gasteiger partial charge >= 0.3 is 5.97 Å². The lowest BCUT2D eigenvalue weighted by molar-refractivity contribution is -0.157. The van der Waals surface area contributed by atoms with Crippen LogP contribution in [0.1, 0.15) is 37.0 Å². The lowest BCUT2D eigenvalue weighted by atomic mass is 10.1. The number of anilines is 1. The standard InChI is InChI=1S/C21H23ClN2O4/c1-14(25)16-4-3-5-19(12-16)27-15(2)21(26)28-18-8-10-24(11-9-18)20-7-6-17(22)13-23-20/h3-7,12-13,15,18H,8-11H2,1-2H3. The summed E-state index contributed by atoms with van der Waals surface area (Å²) in [6, 6.07) is 10.5. The Morgan fingerprint density at radius 1 is 1.21 bits per heavy atom. The van der Waals surface area contributed by atoms with E-state index in [-0.39, 0.29) is 11.9 Å². The predicted octanol–water partition coefficient (Wildman–Crippen LogP) is 3.92. The summed E-state index contributed by atoms with van der Waals surface area (Å²) in [6.45, 7) is 4.64. The van der Waals surface area contributed by atoms with E-state index in [9.17, 15) is 9.59 Å². The molecule has 7 heteroatoms. The second kappa shape index (κ2) is 9.06. The monoisotopic (exact) mass is 402 g/mol. The van der Waals surface area contributed by atoms with Crippen molar-refractivity contribution in [2.24, 2.45) is 0 Å². The minimum absolute atomic E-state index is 0.0531. The van der Waals surface area contributed by atoms with Crippen molar-refractivity contribution in [2.75, 3.05) is 18.0 Å². The summed E-state index contributed by atoms with van der Waals surface area (Å²) >= 11 is 5.88. The van der Waals surface area contributed by atoms with Crippen molar-refractivity contribution >= 4 is 29.2 Å². The number of aromatic nitrogens is 1. The number of ketones is 1. The number of Topliss-reactive ketones (excluding diaryl/α,β-unsaturated/α-hetero) is 1. The highest BCUT2D eigenvalue weighted by Crippen LogP contribution is 2.22. The van der Waals surface area contributed by atoms with Crippen LogP contribution in [-0.4, -0.2) is 42.0 Å². The molecule has 1 atom stereocenters. The average molecular weight is 403 g/mol. The van der Waals surface area contributed by atoms with Gasteiger partial charge in [0.15, 0.2) is 11.9 Å². The Bertz CT molecular complexity index is 833. The van der Waals surface area contributed by atoms with Gasteiger partial charge in [-0.3, -0.25) is 4.79 Å². The van der Waals surface area contributed by atoms with Crippen LogP contribution in [0.4, 0.5) is 5.82 Å². The zero-order valence-electron chi connectivity index (χ0n) is 15.9. The van der Waals surface area contributed by atoms with Gasteiger partial charge in [-0.1, -0.05) is 23.7 Å². The summed E-state index contributed by atoms with van der Waals surface area (Å²) < 4.78 is 11.3. The molecule has 1 unspecified atom stereocenters. The molecule has 2 heterocycles. The van der Waals surface area contributed by atoms with Crippen LogP contribution < -0.4 is 9.64 Å². The maximum Gasteiger partial charge on any atom is 0.347 e. The van der Waals surface area contributed by atoms with Crippen molar-refractivity contribution in [3.8, 4) is 5.75 Å². The van der Waals surface area contributed by atoms with Crippen LogP contribution >= 0.6 is 11.6 Å². The van der Waals surface area contributed by atoms with Gasteiger partial charge in [-0.05, 0) is 38.1 Å². The van der Waals surface area contributed by atoms with Crippen LogP contribution in [-0.2, 0) is 9.53 Å². The number of piperidine rings is 1. The molecule has 0 saturated carbocycles. The van der Waals surface area contributed by atoms with Gasteiger partial charge in [0.1, 0.15) is 17.7 Å². The molecular formula is C21H23ClN2O4. The summed E-state index contributed by atoms with van der Waals surface area (Å²) in [6.07, 6.45) is 2.18. The van der Waals surface area contributed by atoms with E-state index >= 15 is 0 Å². The minimum Gasteiger partial charge on any atom is -0.479 e. The predicted molar refractivity (Wildman–Crippen MR) is 107 cm³/mol. The van der Waals surface area contributed by atoms with Crippen molar-refractivity contribution in [3.05, 3.63) is 53.2 Å². The Labute approximate surface area is 169 Å². The van der Waals surface area contributed by atoms with E-state index in [1.54, 1.807) is 37.4 Å². The van der Waals surface area contributed by atoms with E-state index in [0.717, 1.165) is 31.7 Å². The first-order valence-corrected chi connectivity index (χ1v) is 9.65. The SMILES string of the molecule is CC(=O)c1cccc(OC(C)C(=O)OC2CCN(c3ccc(Cl)cn3)CC2)c1. The summed E-state index contributed by atoms with van der Waals surface area (Å²) in [5.74, 6) is 0.885. The molecule has 1 fully saturated rings. The molecule has 28 heavy (non-hydrogen) atoms. The van der Waals surface area contributed by atoms with Crippen LogP contribution in [0.15, 0.2) is 42.6 Å². The van der Waals surface area contributed by atoms with Crippen LogP contribution in [0.2, 0.25) is 5.02 Å². The smallest absolute Gasteiger partial charge is 0.347 e. The first kappa shape index (κ1) is 20.1. The number of benzene rings is 1. The highest BCUT2D eigenvalue weighted by Gasteiger charge is 2.26. The van der Waals surface area contributed by atoms with Gasteiger partial charge in [0.05, 0.1) is 5.02 Å². The zero-order valence-corrected chi connectivity index (χ0v) is 16.7. The number of rotatable bonds is 6. The third kappa shape index (κ3) is 5.23. The zero-order chi connectivity index (χ0) is 20.1. The molecule has 148 valence electrons. The Morgan fingerprint density at radius 3 is 2.61 bits per heavy atom. The maximum atomic E-state index is 12.4. The molecule has 2 aromatic rings. The Morgan fingerprint density at radius 2 is 1.96 bits per heavy atom. The van der Waals surface area contributed by atoms with Crippen molar-refractivity contribution in [2.45, 2.75) is 38.9 Å². The van der Waals surface area contributed by atoms with Gasteiger partial charge in [0, 0.05) is 37.7 Å². The first-order chi connectivity index (χ1) is 13.4. The Kier molecular flexibility index (Phi) is 6.52. The fourth-order valence-corrected chi connectivity index (χ4v) is 3.17. The molecule has 3 rings (SSSR count). The quantitative estimate of drug-likeness (QED) is 0.539. The molecule has 1 aromatic carbocycles. The Balaban J connectivity index is 1.49. The second-order valence-corrected chi connectivity index (χ2v) is 7.24. The van der Waals surface area contributed by atoms with E-state index in [4.69, 9.17) is 21.1 Å². The number of nitrogens with zero attached hydrogens (tertiary/aromatic N) is 2. The number of esters is 1. The fourth-order valence-electron chi connectivity index (χ4n) is 3.06. The number of carbonyl (C=O) groups excluding carboxylic acids is 2. The van der Waals surface area contributed by atoms with Crippen LogP contribution in [0, 0.1) is 0 Å². The molecule has 6 nitrogen and oxygen atoms in total. The molecule has 1 saturated heterocycles. The van der Waals surface area contributed by atoms with Gasteiger partial charge in [-0.15, -0.1) is 0 Å². The fraction of sp³-hybridized carbons (Fsp3) is 0.381. The van der Waals surface area contributed by atoms with Crippen LogP contribution in [0.3, 0.4) is 0 Å². The molecule has 0 N–H and O–H groups in total. The van der Waals surface area contributed by atoms with Gasteiger partial charge < -0.3 is 14.4 Å². The van der Waals surface area contributed by atoms with Crippen LogP contribution in [0.25, 0.3) is 0 Å². The molecule has 0 aliphatic carbocycles. The number of halogens is 1. The van der Waals surface area contributed by atoms with Crippen molar-refractivity contribution in [1.82, 2.24) is 4.98 Å². The molecule has 1 aliphatic heterocycles. The van der Waals surface area contributed by atoms with E-state index in [1.165, 1.54) is 6.92 Å². The molecule has 0 radical (unpaired) electrons. The largest absolute Gasteiger partial charge is 0.479 e. The number of hydrogen-bond donors (Lipinski definition) is 0. The highest BCUT2D eigenvalue weighted by molar-refractivity contribution is 6.30. The third-order valence-electron chi connectivity index (χ3n) is 4.65. The Hall–Kier alpha value is -2.60. The summed E-state index contributed by atoms with van der Waals surface area (Å²) in [5.41, 5.74) is 0.543. The number of hydrogen-bond acceptors (Lipinski definition) is 6. The molecule has 1 aliphatic rings. The number of carbonyl (C=O) groups is 2. The summed E-state index contributed by atoms with van der Waals surface area (Å²) in [7, 11) is 0. The lowest BCUT2D eigenvalue weighted by Gasteiger charge is -2.32. The maximum absolute atomic E-state index is 12.4. The number of pyridine rings is 1. The van der Waals surface area contributed by atoms with E-state index in [0.29, 0.717) is 16.3 Å². The second-order valence-electron chi connectivity index (χ2n) is 6.80. The molecule has 0 bridgehead atoms. The minimum atomic E-state index is -0.752. The summed E-state index contributed by atoms with van der Waals surface area (Å²) in [4.78, 5) is 30.3. The normalized spacial score (nSPS) is 15.8. The topological polar surface area (TPSA) is 68.7 Å².